The SMILES string of the molecule is NC(=O)c1ccnc(SCSc2cc(C(N)=O)ccn2)c1. The van der Waals surface area contributed by atoms with Crippen LogP contribution in [0.3, 0.4) is 0 Å². The van der Waals surface area contributed by atoms with Crippen LogP contribution in [0.15, 0.2) is 46.7 Å². The van der Waals surface area contributed by atoms with E-state index in [-0.39, 0.29) is 0 Å². The van der Waals surface area contributed by atoms with Gasteiger partial charge in [0.2, 0.25) is 11.8 Å². The highest BCUT2D eigenvalue weighted by atomic mass is 32.2. The molecule has 0 aliphatic rings. The number of rotatable bonds is 6. The second kappa shape index (κ2) is 7.09. The first-order valence-electron chi connectivity index (χ1n) is 5.83. The first-order valence-corrected chi connectivity index (χ1v) is 7.80. The molecule has 8 heteroatoms. The zero-order valence-electron chi connectivity index (χ0n) is 10.9. The fourth-order valence-electron chi connectivity index (χ4n) is 1.43. The van der Waals surface area contributed by atoms with Crippen LogP contribution in [0.1, 0.15) is 20.7 Å². The van der Waals surface area contributed by atoms with E-state index < -0.39 is 11.8 Å². The van der Waals surface area contributed by atoms with E-state index in [4.69, 9.17) is 11.5 Å². The fraction of sp³-hybridized carbons (Fsp3) is 0.0769. The molecule has 0 spiro atoms. The van der Waals surface area contributed by atoms with Crippen LogP contribution in [-0.2, 0) is 0 Å². The Hall–Kier alpha value is -2.06. The molecule has 2 amide bonds. The quantitative estimate of drug-likeness (QED) is 0.616. The monoisotopic (exact) mass is 320 g/mol. The molecule has 4 N–H and O–H groups in total. The van der Waals surface area contributed by atoms with Crippen LogP contribution < -0.4 is 11.5 Å². The third-order valence-electron chi connectivity index (χ3n) is 2.45. The summed E-state index contributed by atoms with van der Waals surface area (Å²) in [5, 5.41) is 2.03. The molecule has 0 saturated carbocycles. The van der Waals surface area contributed by atoms with Gasteiger partial charge in [0.15, 0.2) is 0 Å². The van der Waals surface area contributed by atoms with E-state index >= 15 is 0 Å². The Morgan fingerprint density at radius 3 is 1.71 bits per heavy atom. The van der Waals surface area contributed by atoms with Crippen molar-refractivity contribution in [3.8, 4) is 0 Å². The van der Waals surface area contributed by atoms with Gasteiger partial charge in [0.05, 0.1) is 15.1 Å². The van der Waals surface area contributed by atoms with Gasteiger partial charge in [-0.15, -0.1) is 0 Å². The fourth-order valence-corrected chi connectivity index (χ4v) is 3.33. The van der Waals surface area contributed by atoms with Gasteiger partial charge in [0.1, 0.15) is 0 Å². The second-order valence-corrected chi connectivity index (χ2v) is 6.26. The van der Waals surface area contributed by atoms with Gasteiger partial charge in [-0.2, -0.15) is 0 Å². The number of hydrogen-bond acceptors (Lipinski definition) is 6. The highest BCUT2D eigenvalue weighted by Gasteiger charge is 2.05. The lowest BCUT2D eigenvalue weighted by Crippen LogP contribution is -2.11. The lowest BCUT2D eigenvalue weighted by atomic mass is 10.3. The molecule has 0 fully saturated rings. The van der Waals surface area contributed by atoms with Crippen molar-refractivity contribution in [3.63, 3.8) is 0 Å². The van der Waals surface area contributed by atoms with Gasteiger partial charge in [0.25, 0.3) is 0 Å². The Labute approximate surface area is 129 Å². The molecular formula is C13H12N4O2S2. The van der Waals surface area contributed by atoms with Crippen molar-refractivity contribution in [3.05, 3.63) is 47.8 Å². The molecule has 0 aliphatic heterocycles. The summed E-state index contributed by atoms with van der Waals surface area (Å²) in [6, 6.07) is 6.41. The van der Waals surface area contributed by atoms with Crippen molar-refractivity contribution in [2.24, 2.45) is 11.5 Å². The van der Waals surface area contributed by atoms with Crippen molar-refractivity contribution in [2.45, 2.75) is 10.1 Å². The predicted octanol–water partition coefficient (Wildman–Crippen LogP) is 1.52. The Morgan fingerprint density at radius 1 is 0.905 bits per heavy atom. The van der Waals surface area contributed by atoms with E-state index in [1.165, 1.54) is 23.5 Å². The first-order chi connectivity index (χ1) is 10.1. The van der Waals surface area contributed by atoms with Crippen LogP contribution in [0.2, 0.25) is 0 Å². The Morgan fingerprint density at radius 2 is 1.33 bits per heavy atom. The molecule has 0 aliphatic carbocycles. The number of pyridine rings is 2. The maximum Gasteiger partial charge on any atom is 0.248 e. The zero-order valence-corrected chi connectivity index (χ0v) is 12.5. The number of carbonyl (C=O) groups excluding carboxylic acids is 2. The highest BCUT2D eigenvalue weighted by Crippen LogP contribution is 2.26. The van der Waals surface area contributed by atoms with E-state index in [9.17, 15) is 9.59 Å². The number of nitrogens with two attached hydrogens (primary N) is 2. The largest absolute Gasteiger partial charge is 0.366 e. The van der Waals surface area contributed by atoms with Crippen molar-refractivity contribution >= 4 is 35.3 Å². The zero-order chi connectivity index (χ0) is 15.2. The van der Waals surface area contributed by atoms with Crippen LogP contribution in [0.4, 0.5) is 0 Å². The van der Waals surface area contributed by atoms with E-state index in [1.54, 1.807) is 36.7 Å². The number of aromatic nitrogens is 2. The van der Waals surface area contributed by atoms with Gasteiger partial charge in [-0.3, -0.25) is 9.59 Å². The second-order valence-electron chi connectivity index (χ2n) is 3.90. The highest BCUT2D eigenvalue weighted by molar-refractivity contribution is 8.15. The molecule has 108 valence electrons. The van der Waals surface area contributed by atoms with Crippen molar-refractivity contribution in [1.82, 2.24) is 9.97 Å². The number of nitrogens with zero attached hydrogens (tertiary/aromatic N) is 2. The molecule has 2 rings (SSSR count). The summed E-state index contributed by atoms with van der Waals surface area (Å²) in [6.07, 6.45) is 3.08. The molecule has 2 heterocycles. The number of hydrogen-bond donors (Lipinski definition) is 2. The van der Waals surface area contributed by atoms with Crippen LogP contribution in [0.25, 0.3) is 0 Å². The molecule has 0 unspecified atom stereocenters. The number of amides is 2. The summed E-state index contributed by atoms with van der Waals surface area (Å²) in [7, 11) is 0. The van der Waals surface area contributed by atoms with Gasteiger partial charge in [-0.05, 0) is 24.3 Å². The van der Waals surface area contributed by atoms with Crippen LogP contribution in [0.5, 0.6) is 0 Å². The van der Waals surface area contributed by atoms with Crippen molar-refractivity contribution in [2.75, 3.05) is 5.08 Å². The molecule has 0 atom stereocenters. The van der Waals surface area contributed by atoms with Gasteiger partial charge in [-0.25, -0.2) is 9.97 Å². The molecule has 0 radical (unpaired) electrons. The molecule has 2 aromatic heterocycles. The number of thioether (sulfide) groups is 2. The molecule has 0 saturated heterocycles. The summed E-state index contributed by atoms with van der Waals surface area (Å²) in [5.41, 5.74) is 11.3. The Bertz CT molecular complexity index is 621. The maximum absolute atomic E-state index is 11.1. The standard InChI is InChI=1S/C13H12N4O2S2/c14-12(18)8-1-3-16-10(5-8)20-7-21-11-6-9(13(15)19)2-4-17-11/h1-6H,7H2,(H2,14,18)(H2,15,19). The minimum absolute atomic E-state index is 0.423. The summed E-state index contributed by atoms with van der Waals surface area (Å²) in [5.74, 6) is -0.967. The molecule has 2 aromatic rings. The summed E-state index contributed by atoms with van der Waals surface area (Å²) < 4.78 is 0. The minimum atomic E-state index is -0.484. The van der Waals surface area contributed by atoms with E-state index in [1.807, 2.05) is 0 Å². The lowest BCUT2D eigenvalue weighted by Gasteiger charge is -2.03. The number of primary amides is 2. The third-order valence-corrected chi connectivity index (χ3v) is 4.43. The van der Waals surface area contributed by atoms with Gasteiger partial charge < -0.3 is 11.5 Å². The third kappa shape index (κ3) is 4.47. The van der Waals surface area contributed by atoms with Crippen LogP contribution in [0, 0.1) is 0 Å². The van der Waals surface area contributed by atoms with Crippen molar-refractivity contribution < 1.29 is 9.59 Å². The summed E-state index contributed by atoms with van der Waals surface area (Å²) in [4.78, 5) is 30.4. The minimum Gasteiger partial charge on any atom is -0.366 e. The predicted molar refractivity (Wildman–Crippen MR) is 82.1 cm³/mol. The molecule has 6 nitrogen and oxygen atoms in total. The van der Waals surface area contributed by atoms with Crippen LogP contribution in [-0.4, -0.2) is 26.9 Å². The summed E-state index contributed by atoms with van der Waals surface area (Å²) >= 11 is 2.90. The molecule has 21 heavy (non-hydrogen) atoms. The van der Waals surface area contributed by atoms with E-state index in [0.717, 1.165) is 0 Å². The van der Waals surface area contributed by atoms with Gasteiger partial charge >= 0.3 is 0 Å². The van der Waals surface area contributed by atoms with Crippen molar-refractivity contribution in [1.29, 1.82) is 0 Å². The Kier molecular flexibility index (Phi) is 5.18. The smallest absolute Gasteiger partial charge is 0.248 e. The Balaban J connectivity index is 1.95. The normalized spacial score (nSPS) is 10.3. The van der Waals surface area contributed by atoms with E-state index in [2.05, 4.69) is 9.97 Å². The van der Waals surface area contributed by atoms with Crippen LogP contribution >= 0.6 is 23.5 Å². The maximum atomic E-state index is 11.1. The lowest BCUT2D eigenvalue weighted by molar-refractivity contribution is 0.0991. The molecular weight excluding hydrogens is 308 g/mol. The summed E-state index contributed by atoms with van der Waals surface area (Å²) in [6.45, 7) is 0. The first kappa shape index (κ1) is 15.3. The number of carbonyl (C=O) groups is 2. The average Bonchev–Trinajstić information content (AvgIpc) is 2.48. The average molecular weight is 320 g/mol. The van der Waals surface area contributed by atoms with Gasteiger partial charge in [-0.1, -0.05) is 23.5 Å². The van der Waals surface area contributed by atoms with E-state index in [0.29, 0.717) is 26.3 Å². The molecule has 0 bridgehead atoms. The molecule has 0 aromatic carbocycles. The van der Waals surface area contributed by atoms with Gasteiger partial charge in [0, 0.05) is 23.5 Å². The topological polar surface area (TPSA) is 112 Å².